The normalized spacial score (nSPS) is 14.4. The average Bonchev–Trinajstić information content (AvgIpc) is 3.33. The van der Waals surface area contributed by atoms with Crippen molar-refractivity contribution in [1.82, 2.24) is 10.1 Å². The van der Waals surface area contributed by atoms with Crippen molar-refractivity contribution in [2.75, 3.05) is 59.0 Å². The number of aromatic nitrogens is 1. The number of aryl methyl sites for hydroxylation is 1. The summed E-state index contributed by atoms with van der Waals surface area (Å²) in [7, 11) is 4.97. The first-order chi connectivity index (χ1) is 15.7. The fraction of sp³-hybridized carbons (Fsp3) is 0.400. The van der Waals surface area contributed by atoms with E-state index in [0.29, 0.717) is 11.5 Å². The molecule has 0 N–H and O–H groups in total. The minimum absolute atomic E-state index is 0.683. The molecule has 1 aliphatic rings. The molecule has 32 heavy (non-hydrogen) atoms. The van der Waals surface area contributed by atoms with E-state index < -0.39 is 0 Å². The van der Waals surface area contributed by atoms with Gasteiger partial charge in [0.2, 0.25) is 0 Å². The molecule has 0 aliphatic carbocycles. The van der Waals surface area contributed by atoms with Crippen molar-refractivity contribution < 1.29 is 18.7 Å². The van der Waals surface area contributed by atoms with Crippen LogP contribution in [0.15, 0.2) is 53.1 Å². The molecule has 0 bridgehead atoms. The molecule has 3 aromatic rings. The Morgan fingerprint density at radius 1 is 0.875 bits per heavy atom. The van der Waals surface area contributed by atoms with Gasteiger partial charge in [-0.15, -0.1) is 0 Å². The summed E-state index contributed by atoms with van der Waals surface area (Å²) in [5.41, 5.74) is 2.99. The lowest BCUT2D eigenvalue weighted by molar-refractivity contribution is 0.251. The van der Waals surface area contributed by atoms with E-state index >= 15 is 0 Å². The highest BCUT2D eigenvalue weighted by molar-refractivity contribution is 5.63. The summed E-state index contributed by atoms with van der Waals surface area (Å²) in [4.78, 5) is 4.94. The molecule has 1 saturated heterocycles. The second-order valence-corrected chi connectivity index (χ2v) is 7.88. The van der Waals surface area contributed by atoms with Crippen LogP contribution >= 0.6 is 0 Å². The Hall–Kier alpha value is -3.19. The summed E-state index contributed by atoms with van der Waals surface area (Å²) < 4.78 is 21.6. The quantitative estimate of drug-likeness (QED) is 0.499. The van der Waals surface area contributed by atoms with Gasteiger partial charge in [0, 0.05) is 56.0 Å². The van der Waals surface area contributed by atoms with Gasteiger partial charge in [-0.25, -0.2) is 0 Å². The topological polar surface area (TPSA) is 60.2 Å². The Labute approximate surface area is 189 Å². The number of hydrogen-bond donors (Lipinski definition) is 0. The van der Waals surface area contributed by atoms with Gasteiger partial charge >= 0.3 is 0 Å². The third kappa shape index (κ3) is 5.16. The Kier molecular flexibility index (Phi) is 7.17. The van der Waals surface area contributed by atoms with Gasteiger partial charge in [0.15, 0.2) is 11.5 Å². The van der Waals surface area contributed by atoms with Gasteiger partial charge in [-0.3, -0.25) is 4.90 Å². The number of benzene rings is 2. The number of rotatable bonds is 9. The molecule has 0 saturated carbocycles. The summed E-state index contributed by atoms with van der Waals surface area (Å²) in [6, 6.07) is 16.1. The minimum Gasteiger partial charge on any atom is -0.497 e. The van der Waals surface area contributed by atoms with Crippen LogP contribution in [0.2, 0.25) is 0 Å². The standard InChI is InChI=1S/C25H31N3O4/c1-29-21-7-4-6-20(17-21)28-14-12-27(13-15-28)11-5-8-22-18-23(26-32-22)19-9-10-24(30-2)25(16-19)31-3/h4,6-7,9-10,16-18H,5,8,11-15H2,1-3H3. The molecular weight excluding hydrogens is 406 g/mol. The smallest absolute Gasteiger partial charge is 0.161 e. The lowest BCUT2D eigenvalue weighted by Crippen LogP contribution is -2.46. The third-order valence-corrected chi connectivity index (χ3v) is 5.93. The Balaban J connectivity index is 1.25. The number of nitrogens with zero attached hydrogens (tertiary/aromatic N) is 3. The highest BCUT2D eigenvalue weighted by Crippen LogP contribution is 2.32. The Morgan fingerprint density at radius 2 is 1.69 bits per heavy atom. The van der Waals surface area contributed by atoms with Crippen molar-refractivity contribution in [1.29, 1.82) is 0 Å². The number of methoxy groups -OCH3 is 3. The number of hydrogen-bond acceptors (Lipinski definition) is 7. The zero-order chi connectivity index (χ0) is 22.3. The van der Waals surface area contributed by atoms with Gasteiger partial charge in [-0.1, -0.05) is 11.2 Å². The molecule has 1 aromatic heterocycles. The van der Waals surface area contributed by atoms with E-state index in [9.17, 15) is 0 Å². The Morgan fingerprint density at radius 3 is 2.44 bits per heavy atom. The molecule has 4 rings (SSSR count). The maximum absolute atomic E-state index is 5.57. The lowest BCUT2D eigenvalue weighted by Gasteiger charge is -2.36. The van der Waals surface area contributed by atoms with Gasteiger partial charge in [0.05, 0.1) is 21.3 Å². The summed E-state index contributed by atoms with van der Waals surface area (Å²) in [6.45, 7) is 5.23. The molecule has 0 spiro atoms. The molecule has 0 atom stereocenters. The van der Waals surface area contributed by atoms with Crippen LogP contribution in [0.4, 0.5) is 5.69 Å². The van der Waals surface area contributed by atoms with Crippen LogP contribution in [0, 0.1) is 0 Å². The SMILES string of the molecule is COc1cccc(N2CCN(CCCc3cc(-c4ccc(OC)c(OC)c4)no3)CC2)c1. The second-order valence-electron chi connectivity index (χ2n) is 7.88. The molecule has 1 fully saturated rings. The van der Waals surface area contributed by atoms with Crippen molar-refractivity contribution in [3.8, 4) is 28.5 Å². The molecular formula is C25H31N3O4. The van der Waals surface area contributed by atoms with E-state index in [-0.39, 0.29) is 0 Å². The maximum Gasteiger partial charge on any atom is 0.161 e. The number of ether oxygens (including phenoxy) is 3. The third-order valence-electron chi connectivity index (χ3n) is 5.93. The van der Waals surface area contributed by atoms with Crippen molar-refractivity contribution >= 4 is 5.69 Å². The molecule has 0 unspecified atom stereocenters. The monoisotopic (exact) mass is 437 g/mol. The van der Waals surface area contributed by atoms with Crippen LogP contribution in [0.5, 0.6) is 17.2 Å². The molecule has 7 heteroatoms. The predicted octanol–water partition coefficient (Wildman–Crippen LogP) is 4.12. The van der Waals surface area contributed by atoms with Crippen LogP contribution in [0.25, 0.3) is 11.3 Å². The van der Waals surface area contributed by atoms with Crippen molar-refractivity contribution in [2.45, 2.75) is 12.8 Å². The zero-order valence-corrected chi connectivity index (χ0v) is 19.0. The van der Waals surface area contributed by atoms with Crippen LogP contribution in [0.1, 0.15) is 12.2 Å². The average molecular weight is 438 g/mol. The van der Waals surface area contributed by atoms with Gasteiger partial charge < -0.3 is 23.6 Å². The van der Waals surface area contributed by atoms with Crippen LogP contribution < -0.4 is 19.1 Å². The summed E-state index contributed by atoms with van der Waals surface area (Å²) in [6.07, 6.45) is 1.91. The van der Waals surface area contributed by atoms with Gasteiger partial charge in [-0.2, -0.15) is 0 Å². The van der Waals surface area contributed by atoms with Gasteiger partial charge in [-0.05, 0) is 43.3 Å². The summed E-state index contributed by atoms with van der Waals surface area (Å²) in [5.74, 6) is 3.20. The summed E-state index contributed by atoms with van der Waals surface area (Å²) in [5, 5.41) is 4.24. The van der Waals surface area contributed by atoms with Crippen molar-refractivity contribution in [3.63, 3.8) is 0 Å². The first-order valence-electron chi connectivity index (χ1n) is 11.0. The minimum atomic E-state index is 0.683. The van der Waals surface area contributed by atoms with Crippen molar-refractivity contribution in [3.05, 3.63) is 54.3 Å². The van der Waals surface area contributed by atoms with Crippen LogP contribution in [0.3, 0.4) is 0 Å². The molecule has 0 amide bonds. The number of anilines is 1. The van der Waals surface area contributed by atoms with E-state index in [1.807, 2.05) is 36.4 Å². The van der Waals surface area contributed by atoms with Crippen LogP contribution in [-0.2, 0) is 6.42 Å². The molecule has 2 aromatic carbocycles. The Bertz CT molecular complexity index is 1010. The van der Waals surface area contributed by atoms with E-state index in [4.69, 9.17) is 18.7 Å². The molecule has 1 aliphatic heterocycles. The second kappa shape index (κ2) is 10.4. The maximum atomic E-state index is 5.57. The molecule has 7 nitrogen and oxygen atoms in total. The van der Waals surface area contributed by atoms with Gasteiger partial charge in [0.25, 0.3) is 0 Å². The molecule has 0 radical (unpaired) electrons. The fourth-order valence-electron chi connectivity index (χ4n) is 4.08. The highest BCUT2D eigenvalue weighted by Gasteiger charge is 2.18. The predicted molar refractivity (Wildman–Crippen MR) is 125 cm³/mol. The summed E-state index contributed by atoms with van der Waals surface area (Å²) >= 11 is 0. The number of piperazine rings is 1. The van der Waals surface area contributed by atoms with Crippen LogP contribution in [-0.4, -0.2) is 64.1 Å². The highest BCUT2D eigenvalue weighted by atomic mass is 16.5. The largest absolute Gasteiger partial charge is 0.497 e. The lowest BCUT2D eigenvalue weighted by atomic mass is 10.1. The molecule has 2 heterocycles. The van der Waals surface area contributed by atoms with E-state index in [1.54, 1.807) is 21.3 Å². The zero-order valence-electron chi connectivity index (χ0n) is 19.0. The molecule has 170 valence electrons. The van der Waals surface area contributed by atoms with E-state index in [1.165, 1.54) is 5.69 Å². The van der Waals surface area contributed by atoms with Crippen molar-refractivity contribution in [2.24, 2.45) is 0 Å². The first kappa shape index (κ1) is 22.0. The van der Waals surface area contributed by atoms with E-state index in [0.717, 1.165) is 68.3 Å². The van der Waals surface area contributed by atoms with Gasteiger partial charge in [0.1, 0.15) is 17.2 Å². The first-order valence-corrected chi connectivity index (χ1v) is 11.0. The van der Waals surface area contributed by atoms with E-state index in [2.05, 4.69) is 27.1 Å². The fourth-order valence-corrected chi connectivity index (χ4v) is 4.08.